The van der Waals surface area contributed by atoms with Gasteiger partial charge in [0, 0.05) is 15.0 Å². The molecule has 5 heteroatoms. The molecule has 2 atom stereocenters. The summed E-state index contributed by atoms with van der Waals surface area (Å²) in [5, 5.41) is 3.43. The van der Waals surface area contributed by atoms with Crippen LogP contribution in [0.4, 0.5) is 0 Å². The lowest BCUT2D eigenvalue weighted by Gasteiger charge is -2.22. The molecule has 1 amide bonds. The van der Waals surface area contributed by atoms with Crippen LogP contribution in [0.3, 0.4) is 0 Å². The number of benzene rings is 2. The summed E-state index contributed by atoms with van der Waals surface area (Å²) in [6, 6.07) is 13.5. The van der Waals surface area contributed by atoms with Crippen molar-refractivity contribution >= 4 is 37.8 Å². The highest BCUT2D eigenvalue weighted by Crippen LogP contribution is 2.37. The van der Waals surface area contributed by atoms with Crippen molar-refractivity contribution in [3.05, 3.63) is 68.1 Å². The third kappa shape index (κ3) is 3.12. The minimum atomic E-state index is -0.493. The Bertz CT molecular complexity index is 718. The second-order valence-corrected chi connectivity index (χ2v) is 7.23. The van der Waals surface area contributed by atoms with E-state index in [4.69, 9.17) is 5.73 Å². The molecule has 3 nitrogen and oxygen atoms in total. The first-order valence-electron chi connectivity index (χ1n) is 7.14. The lowest BCUT2D eigenvalue weighted by atomic mass is 10.0. The molecular formula is C17H16Br2N2O. The molecule has 3 rings (SSSR count). The Morgan fingerprint density at radius 2 is 2.00 bits per heavy atom. The number of amides is 1. The van der Waals surface area contributed by atoms with Crippen LogP contribution >= 0.6 is 31.9 Å². The summed E-state index contributed by atoms with van der Waals surface area (Å²) in [4.78, 5) is 11.9. The number of hydrogen-bond acceptors (Lipinski definition) is 2. The SMILES string of the molecule is NC(=O)[C@H](N[C@@H]1CCc2c(Br)cccc21)c1cccc(Br)c1. The van der Waals surface area contributed by atoms with E-state index in [1.807, 2.05) is 30.3 Å². The molecule has 0 unspecified atom stereocenters. The topological polar surface area (TPSA) is 55.1 Å². The molecule has 1 aliphatic carbocycles. The first-order chi connectivity index (χ1) is 10.6. The van der Waals surface area contributed by atoms with Crippen molar-refractivity contribution in [1.29, 1.82) is 0 Å². The maximum absolute atomic E-state index is 11.9. The summed E-state index contributed by atoms with van der Waals surface area (Å²) in [5.74, 6) is -0.360. The van der Waals surface area contributed by atoms with Crippen LogP contribution in [-0.4, -0.2) is 5.91 Å². The minimum absolute atomic E-state index is 0.143. The highest BCUT2D eigenvalue weighted by atomic mass is 79.9. The zero-order valence-electron chi connectivity index (χ0n) is 11.9. The van der Waals surface area contributed by atoms with Crippen LogP contribution in [0.1, 0.15) is 35.2 Å². The standard InChI is InChI=1S/C17H16Br2N2O/c18-11-4-1-3-10(9-11)16(17(20)22)21-15-8-7-12-13(15)5-2-6-14(12)19/h1-6,9,15-16,21H,7-8H2,(H2,20,22)/t15-,16-/m1/s1. The average Bonchev–Trinajstić information content (AvgIpc) is 2.89. The fourth-order valence-electron chi connectivity index (χ4n) is 3.01. The average molecular weight is 424 g/mol. The number of fused-ring (bicyclic) bond motifs is 1. The van der Waals surface area contributed by atoms with E-state index in [-0.39, 0.29) is 11.9 Å². The van der Waals surface area contributed by atoms with E-state index >= 15 is 0 Å². The van der Waals surface area contributed by atoms with Gasteiger partial charge in [-0.15, -0.1) is 0 Å². The zero-order valence-corrected chi connectivity index (χ0v) is 15.0. The second kappa shape index (κ2) is 6.52. The molecule has 3 N–H and O–H groups in total. The molecule has 0 fully saturated rings. The predicted molar refractivity (Wildman–Crippen MR) is 94.4 cm³/mol. The third-order valence-electron chi connectivity index (χ3n) is 4.05. The van der Waals surface area contributed by atoms with Crippen LogP contribution < -0.4 is 11.1 Å². The molecule has 0 spiro atoms. The van der Waals surface area contributed by atoms with E-state index in [0.29, 0.717) is 0 Å². The third-order valence-corrected chi connectivity index (χ3v) is 5.28. The molecule has 2 aromatic rings. The van der Waals surface area contributed by atoms with Crippen LogP contribution in [0.2, 0.25) is 0 Å². The Labute approximate surface area is 146 Å². The Balaban J connectivity index is 1.88. The lowest BCUT2D eigenvalue weighted by Crippen LogP contribution is -2.35. The zero-order chi connectivity index (χ0) is 15.7. The quantitative estimate of drug-likeness (QED) is 0.780. The van der Waals surface area contributed by atoms with Crippen molar-refractivity contribution in [2.45, 2.75) is 24.9 Å². The van der Waals surface area contributed by atoms with Crippen molar-refractivity contribution in [2.24, 2.45) is 5.73 Å². The van der Waals surface area contributed by atoms with Crippen molar-refractivity contribution in [2.75, 3.05) is 0 Å². The van der Waals surface area contributed by atoms with Gasteiger partial charge in [-0.3, -0.25) is 10.1 Å². The van der Waals surface area contributed by atoms with Crippen molar-refractivity contribution in [3.63, 3.8) is 0 Å². The summed E-state index contributed by atoms with van der Waals surface area (Å²) in [6.45, 7) is 0. The maximum Gasteiger partial charge on any atom is 0.239 e. The van der Waals surface area contributed by atoms with Crippen LogP contribution in [0.25, 0.3) is 0 Å². The molecule has 0 aromatic heterocycles. The highest BCUT2D eigenvalue weighted by molar-refractivity contribution is 9.10. The van der Waals surface area contributed by atoms with Gasteiger partial charge in [0.05, 0.1) is 0 Å². The van der Waals surface area contributed by atoms with Gasteiger partial charge in [-0.2, -0.15) is 0 Å². The maximum atomic E-state index is 11.9. The van der Waals surface area contributed by atoms with E-state index in [9.17, 15) is 4.79 Å². The Kier molecular flexibility index (Phi) is 4.66. The molecular weight excluding hydrogens is 408 g/mol. The molecule has 0 saturated carbocycles. The fraction of sp³-hybridized carbons (Fsp3) is 0.235. The van der Waals surface area contributed by atoms with Gasteiger partial charge >= 0.3 is 0 Å². The largest absolute Gasteiger partial charge is 0.368 e. The van der Waals surface area contributed by atoms with Crippen LogP contribution in [-0.2, 0) is 11.2 Å². The molecule has 1 aliphatic rings. The van der Waals surface area contributed by atoms with Crippen LogP contribution in [0.15, 0.2) is 51.4 Å². The first kappa shape index (κ1) is 15.7. The van der Waals surface area contributed by atoms with E-state index in [2.05, 4.69) is 49.3 Å². The van der Waals surface area contributed by atoms with Gasteiger partial charge in [0.2, 0.25) is 5.91 Å². The number of halogens is 2. The van der Waals surface area contributed by atoms with Crippen LogP contribution in [0, 0.1) is 0 Å². The number of nitrogens with two attached hydrogens (primary N) is 1. The minimum Gasteiger partial charge on any atom is -0.368 e. The van der Waals surface area contributed by atoms with Gasteiger partial charge in [-0.1, -0.05) is 56.1 Å². The van der Waals surface area contributed by atoms with Gasteiger partial charge in [-0.25, -0.2) is 0 Å². The molecule has 0 aliphatic heterocycles. The Morgan fingerprint density at radius 1 is 1.23 bits per heavy atom. The number of carbonyl (C=O) groups is 1. The molecule has 0 radical (unpaired) electrons. The van der Waals surface area contributed by atoms with Crippen LogP contribution in [0.5, 0.6) is 0 Å². The number of hydrogen-bond donors (Lipinski definition) is 2. The number of rotatable bonds is 4. The molecule has 0 heterocycles. The summed E-state index contributed by atoms with van der Waals surface area (Å²) in [5.41, 5.74) is 9.06. The highest BCUT2D eigenvalue weighted by Gasteiger charge is 2.28. The fourth-order valence-corrected chi connectivity index (χ4v) is 4.01. The lowest BCUT2D eigenvalue weighted by molar-refractivity contribution is -0.120. The predicted octanol–water partition coefficient (Wildman–Crippen LogP) is 4.02. The monoisotopic (exact) mass is 422 g/mol. The number of nitrogens with one attached hydrogen (secondary N) is 1. The van der Waals surface area contributed by atoms with Gasteiger partial charge < -0.3 is 5.73 Å². The second-order valence-electron chi connectivity index (χ2n) is 5.46. The van der Waals surface area contributed by atoms with Gasteiger partial charge in [0.25, 0.3) is 0 Å². The van der Waals surface area contributed by atoms with E-state index < -0.39 is 6.04 Å². The summed E-state index contributed by atoms with van der Waals surface area (Å²) in [6.07, 6.45) is 1.97. The van der Waals surface area contributed by atoms with E-state index in [1.165, 1.54) is 11.1 Å². The van der Waals surface area contributed by atoms with Crippen molar-refractivity contribution < 1.29 is 4.79 Å². The summed E-state index contributed by atoms with van der Waals surface area (Å²) >= 11 is 7.04. The van der Waals surface area contributed by atoms with Gasteiger partial charge in [-0.05, 0) is 47.7 Å². The van der Waals surface area contributed by atoms with Crippen molar-refractivity contribution in [3.8, 4) is 0 Å². The molecule has 114 valence electrons. The molecule has 0 bridgehead atoms. The van der Waals surface area contributed by atoms with Gasteiger partial charge in [0.15, 0.2) is 0 Å². The van der Waals surface area contributed by atoms with Gasteiger partial charge in [0.1, 0.15) is 6.04 Å². The summed E-state index contributed by atoms with van der Waals surface area (Å²) in [7, 11) is 0. The van der Waals surface area contributed by atoms with Crippen molar-refractivity contribution in [1.82, 2.24) is 5.32 Å². The number of carbonyl (C=O) groups excluding carboxylic acids is 1. The normalized spacial score (nSPS) is 18.0. The Morgan fingerprint density at radius 3 is 2.73 bits per heavy atom. The molecule has 22 heavy (non-hydrogen) atoms. The Hall–Kier alpha value is -1.17. The smallest absolute Gasteiger partial charge is 0.239 e. The van der Waals surface area contributed by atoms with E-state index in [0.717, 1.165) is 27.4 Å². The first-order valence-corrected chi connectivity index (χ1v) is 8.73. The van der Waals surface area contributed by atoms with E-state index in [1.54, 1.807) is 0 Å². The molecule has 0 saturated heterocycles. The molecule has 2 aromatic carbocycles. The summed E-state index contributed by atoms with van der Waals surface area (Å²) < 4.78 is 2.07. The number of primary amides is 1.